The Labute approximate surface area is 139 Å². The predicted octanol–water partition coefficient (Wildman–Crippen LogP) is 3.71. The largest absolute Gasteiger partial charge is 0.486 e. The van der Waals surface area contributed by atoms with Gasteiger partial charge in [0.1, 0.15) is 6.61 Å². The van der Waals surface area contributed by atoms with Crippen molar-refractivity contribution in [3.63, 3.8) is 0 Å². The van der Waals surface area contributed by atoms with Crippen LogP contribution in [0, 0.1) is 0 Å². The molecule has 0 aliphatic rings. The molecule has 0 unspecified atom stereocenters. The minimum atomic E-state index is -0.000788. The molecule has 2 N–H and O–H groups in total. The maximum Gasteiger partial charge on any atom is 0.313 e. The summed E-state index contributed by atoms with van der Waals surface area (Å²) in [4.78, 5) is 4.03. The van der Waals surface area contributed by atoms with Gasteiger partial charge in [-0.2, -0.15) is 0 Å². The Morgan fingerprint density at radius 1 is 1.32 bits per heavy atom. The van der Waals surface area contributed by atoms with Crippen molar-refractivity contribution in [1.82, 2.24) is 15.2 Å². The average Bonchev–Trinajstić information content (AvgIpc) is 2.94. The fraction of sp³-hybridized carbons (Fsp3) is 0.0714. The Balaban J connectivity index is 1.84. The second-order valence-electron chi connectivity index (χ2n) is 4.36. The van der Waals surface area contributed by atoms with Crippen molar-refractivity contribution < 1.29 is 9.15 Å². The van der Waals surface area contributed by atoms with Crippen LogP contribution in [0.15, 0.2) is 45.5 Å². The van der Waals surface area contributed by atoms with Crippen molar-refractivity contribution in [3.8, 4) is 17.2 Å². The van der Waals surface area contributed by atoms with E-state index in [4.69, 9.17) is 26.5 Å². The van der Waals surface area contributed by atoms with Gasteiger partial charge in [-0.15, -0.1) is 5.10 Å². The third kappa shape index (κ3) is 3.20. The summed E-state index contributed by atoms with van der Waals surface area (Å²) in [6, 6.07) is 7.22. The van der Waals surface area contributed by atoms with Crippen molar-refractivity contribution in [2.45, 2.75) is 6.61 Å². The van der Waals surface area contributed by atoms with E-state index < -0.39 is 0 Å². The lowest BCUT2D eigenvalue weighted by molar-refractivity contribution is 0.304. The van der Waals surface area contributed by atoms with Gasteiger partial charge >= 0.3 is 6.01 Å². The zero-order valence-corrected chi connectivity index (χ0v) is 13.5. The zero-order chi connectivity index (χ0) is 15.5. The summed E-state index contributed by atoms with van der Waals surface area (Å²) in [7, 11) is 0. The van der Waals surface area contributed by atoms with Crippen molar-refractivity contribution in [2.75, 3.05) is 5.73 Å². The van der Waals surface area contributed by atoms with Crippen molar-refractivity contribution >= 4 is 33.5 Å². The highest BCUT2D eigenvalue weighted by Gasteiger charge is 2.14. The number of pyridine rings is 1. The van der Waals surface area contributed by atoms with Gasteiger partial charge in [-0.1, -0.05) is 22.8 Å². The first kappa shape index (κ1) is 14.8. The Hall–Kier alpha value is -2.12. The van der Waals surface area contributed by atoms with E-state index in [0.29, 0.717) is 33.3 Å². The second-order valence-corrected chi connectivity index (χ2v) is 5.63. The molecule has 2 aromatic heterocycles. The number of hydrogen-bond donors (Lipinski definition) is 1. The van der Waals surface area contributed by atoms with Crippen molar-refractivity contribution in [2.24, 2.45) is 0 Å². The van der Waals surface area contributed by atoms with Gasteiger partial charge < -0.3 is 14.9 Å². The molecule has 0 saturated carbocycles. The van der Waals surface area contributed by atoms with E-state index in [1.54, 1.807) is 24.5 Å². The summed E-state index contributed by atoms with van der Waals surface area (Å²) in [6.07, 6.45) is 3.44. The molecule has 1 aromatic carbocycles. The van der Waals surface area contributed by atoms with Crippen LogP contribution >= 0.6 is 27.5 Å². The van der Waals surface area contributed by atoms with Crippen LogP contribution in [0.5, 0.6) is 5.75 Å². The molecule has 3 aromatic rings. The standard InChI is InChI=1S/C14H10BrClN4O2/c15-10-4-9(13-19-20-14(17)22-13)5-11(16)12(10)21-7-8-2-1-3-18-6-8/h1-6H,7H2,(H2,17,20). The van der Waals surface area contributed by atoms with Gasteiger partial charge in [0.25, 0.3) is 0 Å². The monoisotopic (exact) mass is 380 g/mol. The molecule has 0 radical (unpaired) electrons. The normalized spacial score (nSPS) is 10.6. The summed E-state index contributed by atoms with van der Waals surface area (Å²) in [5.41, 5.74) is 7.01. The van der Waals surface area contributed by atoms with Crippen LogP contribution in [0.25, 0.3) is 11.5 Å². The summed E-state index contributed by atoms with van der Waals surface area (Å²) >= 11 is 9.70. The molecule has 0 fully saturated rings. The summed E-state index contributed by atoms with van der Waals surface area (Å²) in [5, 5.41) is 7.86. The van der Waals surface area contributed by atoms with E-state index >= 15 is 0 Å². The van der Waals surface area contributed by atoms with Gasteiger partial charge in [-0.25, -0.2) is 0 Å². The molecule has 112 valence electrons. The fourth-order valence-electron chi connectivity index (χ4n) is 1.81. The molecule has 0 aliphatic carbocycles. The lowest BCUT2D eigenvalue weighted by Gasteiger charge is -2.11. The Morgan fingerprint density at radius 2 is 2.18 bits per heavy atom. The molecule has 2 heterocycles. The number of nitrogens with two attached hydrogens (primary N) is 1. The number of anilines is 1. The Kier molecular flexibility index (Phi) is 4.26. The van der Waals surface area contributed by atoms with Crippen molar-refractivity contribution in [3.05, 3.63) is 51.7 Å². The quantitative estimate of drug-likeness (QED) is 0.741. The fourth-order valence-corrected chi connectivity index (χ4v) is 2.77. The van der Waals surface area contributed by atoms with Crippen LogP contribution < -0.4 is 10.5 Å². The first-order chi connectivity index (χ1) is 10.6. The number of aromatic nitrogens is 3. The molecule has 22 heavy (non-hydrogen) atoms. The van der Waals surface area contributed by atoms with E-state index in [-0.39, 0.29) is 6.01 Å². The average molecular weight is 382 g/mol. The number of halogens is 2. The second kappa shape index (κ2) is 6.33. The molecule has 8 heteroatoms. The number of benzene rings is 1. The molecular formula is C14H10BrClN4O2. The van der Waals surface area contributed by atoms with Crippen LogP contribution in [-0.2, 0) is 6.61 Å². The SMILES string of the molecule is Nc1nnc(-c2cc(Cl)c(OCc3cccnc3)c(Br)c2)o1. The third-order valence-corrected chi connectivity index (χ3v) is 3.66. The number of hydrogen-bond acceptors (Lipinski definition) is 6. The van der Waals surface area contributed by atoms with Crippen molar-refractivity contribution in [1.29, 1.82) is 0 Å². The Bertz CT molecular complexity index is 772. The number of nitrogen functional groups attached to an aromatic ring is 1. The van der Waals surface area contributed by atoms with Gasteiger partial charge in [0, 0.05) is 23.5 Å². The highest BCUT2D eigenvalue weighted by atomic mass is 79.9. The predicted molar refractivity (Wildman–Crippen MR) is 85.4 cm³/mol. The minimum Gasteiger partial charge on any atom is -0.486 e. The maximum atomic E-state index is 6.27. The first-order valence-electron chi connectivity index (χ1n) is 6.23. The molecule has 0 spiro atoms. The van der Waals surface area contributed by atoms with E-state index in [9.17, 15) is 0 Å². The molecule has 0 bridgehead atoms. The van der Waals surface area contributed by atoms with E-state index in [1.807, 2.05) is 12.1 Å². The van der Waals surface area contributed by atoms with E-state index in [0.717, 1.165) is 5.56 Å². The van der Waals surface area contributed by atoms with Gasteiger partial charge in [0.2, 0.25) is 5.89 Å². The lowest BCUT2D eigenvalue weighted by atomic mass is 10.2. The molecule has 0 aliphatic heterocycles. The van der Waals surface area contributed by atoms with E-state index in [2.05, 4.69) is 31.1 Å². The van der Waals surface area contributed by atoms with Crippen LogP contribution in [0.1, 0.15) is 5.56 Å². The minimum absolute atomic E-state index is 0.000788. The highest BCUT2D eigenvalue weighted by Crippen LogP contribution is 2.37. The summed E-state index contributed by atoms with van der Waals surface area (Å²) in [5.74, 6) is 0.820. The van der Waals surface area contributed by atoms with Crippen LogP contribution in [0.3, 0.4) is 0 Å². The molecular weight excluding hydrogens is 372 g/mol. The Morgan fingerprint density at radius 3 is 2.82 bits per heavy atom. The third-order valence-electron chi connectivity index (χ3n) is 2.79. The topological polar surface area (TPSA) is 87.1 Å². The zero-order valence-electron chi connectivity index (χ0n) is 11.2. The molecule has 6 nitrogen and oxygen atoms in total. The summed E-state index contributed by atoms with van der Waals surface area (Å²) in [6.45, 7) is 0.360. The number of ether oxygens (including phenoxy) is 1. The van der Waals surface area contributed by atoms with Crippen LogP contribution in [0.2, 0.25) is 5.02 Å². The maximum absolute atomic E-state index is 6.27. The molecule has 0 saturated heterocycles. The van der Waals surface area contributed by atoms with Gasteiger partial charge in [-0.05, 0) is 34.1 Å². The highest BCUT2D eigenvalue weighted by molar-refractivity contribution is 9.10. The van der Waals surface area contributed by atoms with Crippen LogP contribution in [-0.4, -0.2) is 15.2 Å². The lowest BCUT2D eigenvalue weighted by Crippen LogP contribution is -1.97. The molecule has 0 amide bonds. The molecule has 3 rings (SSSR count). The number of nitrogens with zero attached hydrogens (tertiary/aromatic N) is 3. The van der Waals surface area contributed by atoms with E-state index in [1.165, 1.54) is 0 Å². The van der Waals surface area contributed by atoms with Gasteiger partial charge in [0.15, 0.2) is 5.75 Å². The number of rotatable bonds is 4. The first-order valence-corrected chi connectivity index (χ1v) is 7.40. The van der Waals surface area contributed by atoms with Crippen LogP contribution in [0.4, 0.5) is 6.01 Å². The molecule has 0 atom stereocenters. The smallest absolute Gasteiger partial charge is 0.313 e. The summed E-state index contributed by atoms with van der Waals surface area (Å²) < 4.78 is 11.6. The van der Waals surface area contributed by atoms with Gasteiger partial charge in [0.05, 0.1) is 9.50 Å². The van der Waals surface area contributed by atoms with Gasteiger partial charge in [-0.3, -0.25) is 4.98 Å².